The Hall–Kier alpha value is -2.33. The molecule has 146 valence electrons. The Morgan fingerprint density at radius 2 is 1.74 bits per heavy atom. The fourth-order valence-electron chi connectivity index (χ4n) is 2.80. The zero-order valence-electron chi connectivity index (χ0n) is 16.6. The van der Waals surface area contributed by atoms with Gasteiger partial charge in [0, 0.05) is 13.0 Å². The van der Waals surface area contributed by atoms with Gasteiger partial charge in [0.25, 0.3) is 0 Å². The average Bonchev–Trinajstić information content (AvgIpc) is 2.61. The van der Waals surface area contributed by atoms with E-state index in [-0.39, 0.29) is 11.8 Å². The summed E-state index contributed by atoms with van der Waals surface area (Å²) < 4.78 is 5.91. The summed E-state index contributed by atoms with van der Waals surface area (Å²) in [5.41, 5.74) is 3.99. The SMILES string of the molecule is CC(C)(C)c1ccc(CCOc2cccc(CCNCCC(=O)O)c2)cc1. The Balaban J connectivity index is 1.75. The van der Waals surface area contributed by atoms with Gasteiger partial charge in [-0.25, -0.2) is 0 Å². The van der Waals surface area contributed by atoms with E-state index in [1.54, 1.807) is 0 Å². The molecular weight excluding hydrogens is 338 g/mol. The first kappa shape index (κ1) is 21.0. The van der Waals surface area contributed by atoms with E-state index >= 15 is 0 Å². The van der Waals surface area contributed by atoms with E-state index in [1.807, 2.05) is 12.1 Å². The molecule has 0 heterocycles. The van der Waals surface area contributed by atoms with E-state index in [4.69, 9.17) is 9.84 Å². The molecular formula is C23H31NO3. The molecule has 0 aliphatic heterocycles. The lowest BCUT2D eigenvalue weighted by atomic mass is 9.86. The maximum atomic E-state index is 10.5. The van der Waals surface area contributed by atoms with Crippen molar-refractivity contribution in [1.29, 1.82) is 0 Å². The third-order valence-electron chi connectivity index (χ3n) is 4.48. The minimum Gasteiger partial charge on any atom is -0.493 e. The van der Waals surface area contributed by atoms with E-state index in [0.29, 0.717) is 13.2 Å². The summed E-state index contributed by atoms with van der Waals surface area (Å²) in [6.45, 7) is 8.57. The molecule has 0 saturated heterocycles. The highest BCUT2D eigenvalue weighted by Crippen LogP contribution is 2.22. The van der Waals surface area contributed by atoms with Gasteiger partial charge in [-0.3, -0.25) is 4.79 Å². The molecule has 0 aliphatic carbocycles. The van der Waals surface area contributed by atoms with Gasteiger partial charge in [-0.15, -0.1) is 0 Å². The van der Waals surface area contributed by atoms with Crippen molar-refractivity contribution in [3.63, 3.8) is 0 Å². The lowest BCUT2D eigenvalue weighted by molar-refractivity contribution is -0.136. The van der Waals surface area contributed by atoms with E-state index in [1.165, 1.54) is 16.7 Å². The molecule has 0 fully saturated rings. The summed E-state index contributed by atoms with van der Waals surface area (Å²) in [6, 6.07) is 16.9. The van der Waals surface area contributed by atoms with Crippen molar-refractivity contribution < 1.29 is 14.6 Å². The summed E-state index contributed by atoms with van der Waals surface area (Å²) in [5.74, 6) is 0.107. The largest absolute Gasteiger partial charge is 0.493 e. The lowest BCUT2D eigenvalue weighted by Crippen LogP contribution is -2.20. The van der Waals surface area contributed by atoms with Gasteiger partial charge in [-0.2, -0.15) is 0 Å². The number of carboxylic acids is 1. The van der Waals surface area contributed by atoms with Gasteiger partial charge in [-0.05, 0) is 47.2 Å². The van der Waals surface area contributed by atoms with Gasteiger partial charge in [0.05, 0.1) is 13.0 Å². The fraction of sp³-hybridized carbons (Fsp3) is 0.435. The molecule has 0 aromatic heterocycles. The molecule has 0 atom stereocenters. The zero-order chi connectivity index (χ0) is 19.7. The molecule has 0 spiro atoms. The van der Waals surface area contributed by atoms with Crippen LogP contribution in [0.4, 0.5) is 0 Å². The summed E-state index contributed by atoms with van der Waals surface area (Å²) in [5, 5.41) is 11.8. The van der Waals surface area contributed by atoms with Crippen LogP contribution in [-0.4, -0.2) is 30.8 Å². The van der Waals surface area contributed by atoms with Crippen LogP contribution in [0.5, 0.6) is 5.75 Å². The van der Waals surface area contributed by atoms with E-state index in [9.17, 15) is 4.79 Å². The Morgan fingerprint density at radius 1 is 1.00 bits per heavy atom. The number of benzene rings is 2. The quantitative estimate of drug-likeness (QED) is 0.616. The first-order valence-corrected chi connectivity index (χ1v) is 9.58. The summed E-state index contributed by atoms with van der Waals surface area (Å²) >= 11 is 0. The van der Waals surface area contributed by atoms with Crippen LogP contribution in [0.1, 0.15) is 43.9 Å². The number of aliphatic carboxylic acids is 1. The van der Waals surface area contributed by atoms with Gasteiger partial charge >= 0.3 is 5.97 Å². The number of rotatable bonds is 10. The van der Waals surface area contributed by atoms with Crippen LogP contribution < -0.4 is 10.1 Å². The molecule has 4 heteroatoms. The average molecular weight is 370 g/mol. The predicted molar refractivity (Wildman–Crippen MR) is 110 cm³/mol. The van der Waals surface area contributed by atoms with Crippen LogP contribution in [0, 0.1) is 0 Å². The van der Waals surface area contributed by atoms with Gasteiger partial charge < -0.3 is 15.2 Å². The van der Waals surface area contributed by atoms with E-state index in [0.717, 1.165) is 25.1 Å². The predicted octanol–water partition coefficient (Wildman–Crippen LogP) is 4.21. The highest BCUT2D eigenvalue weighted by molar-refractivity contribution is 5.66. The lowest BCUT2D eigenvalue weighted by Gasteiger charge is -2.19. The summed E-state index contributed by atoms with van der Waals surface area (Å²) in [6.07, 6.45) is 1.89. The number of hydrogen-bond acceptors (Lipinski definition) is 3. The van der Waals surface area contributed by atoms with Crippen LogP contribution in [0.2, 0.25) is 0 Å². The van der Waals surface area contributed by atoms with Gasteiger partial charge in [-0.1, -0.05) is 57.2 Å². The third kappa shape index (κ3) is 7.83. The zero-order valence-corrected chi connectivity index (χ0v) is 16.6. The number of nitrogens with one attached hydrogen (secondary N) is 1. The highest BCUT2D eigenvalue weighted by Gasteiger charge is 2.12. The van der Waals surface area contributed by atoms with Crippen LogP contribution in [0.3, 0.4) is 0 Å². The highest BCUT2D eigenvalue weighted by atomic mass is 16.5. The topological polar surface area (TPSA) is 58.6 Å². The number of carboxylic acid groups (broad SMARTS) is 1. The van der Waals surface area contributed by atoms with Gasteiger partial charge in [0.1, 0.15) is 5.75 Å². The maximum absolute atomic E-state index is 10.5. The molecule has 2 aromatic carbocycles. The Kier molecular flexibility index (Phi) is 7.86. The monoisotopic (exact) mass is 369 g/mol. The van der Waals surface area contributed by atoms with Crippen molar-refractivity contribution in [3.8, 4) is 5.75 Å². The van der Waals surface area contributed by atoms with Crippen molar-refractivity contribution in [2.24, 2.45) is 0 Å². The Bertz CT molecular complexity index is 717. The normalized spacial score (nSPS) is 11.4. The number of ether oxygens (including phenoxy) is 1. The van der Waals surface area contributed by atoms with Gasteiger partial charge in [0.15, 0.2) is 0 Å². The molecule has 2 N–H and O–H groups in total. The first-order valence-electron chi connectivity index (χ1n) is 9.58. The number of hydrogen-bond donors (Lipinski definition) is 2. The molecule has 0 bridgehead atoms. The third-order valence-corrected chi connectivity index (χ3v) is 4.48. The minimum atomic E-state index is -0.772. The molecule has 2 aromatic rings. The smallest absolute Gasteiger partial charge is 0.304 e. The van der Waals surface area contributed by atoms with E-state index in [2.05, 4.69) is 62.5 Å². The standard InChI is InChI=1S/C23H31NO3/c1-23(2,3)20-9-7-18(8-10-20)13-16-27-21-6-4-5-19(17-21)11-14-24-15-12-22(25)26/h4-10,17,24H,11-16H2,1-3H3,(H,25,26). The van der Waals surface area contributed by atoms with Crippen LogP contribution in [0.15, 0.2) is 48.5 Å². The Morgan fingerprint density at radius 3 is 2.41 bits per heavy atom. The van der Waals surface area contributed by atoms with Crippen molar-refractivity contribution >= 4 is 5.97 Å². The minimum absolute atomic E-state index is 0.153. The molecule has 4 nitrogen and oxygen atoms in total. The second-order valence-corrected chi connectivity index (χ2v) is 7.84. The molecule has 0 unspecified atom stereocenters. The van der Waals surface area contributed by atoms with Crippen molar-refractivity contribution in [1.82, 2.24) is 5.32 Å². The van der Waals surface area contributed by atoms with E-state index < -0.39 is 5.97 Å². The summed E-state index contributed by atoms with van der Waals surface area (Å²) in [4.78, 5) is 10.5. The number of carbonyl (C=O) groups is 1. The van der Waals surface area contributed by atoms with Crippen molar-refractivity contribution in [2.45, 2.75) is 45.4 Å². The second-order valence-electron chi connectivity index (χ2n) is 7.84. The molecule has 2 rings (SSSR count). The molecule has 0 aliphatic rings. The molecule has 27 heavy (non-hydrogen) atoms. The molecule has 0 amide bonds. The fourth-order valence-corrected chi connectivity index (χ4v) is 2.80. The van der Waals surface area contributed by atoms with Gasteiger partial charge in [0.2, 0.25) is 0 Å². The first-order chi connectivity index (χ1) is 12.8. The van der Waals surface area contributed by atoms with Crippen LogP contribution in [0.25, 0.3) is 0 Å². The van der Waals surface area contributed by atoms with Crippen LogP contribution in [-0.2, 0) is 23.1 Å². The summed E-state index contributed by atoms with van der Waals surface area (Å²) in [7, 11) is 0. The van der Waals surface area contributed by atoms with Crippen molar-refractivity contribution in [2.75, 3.05) is 19.7 Å². The molecule has 0 saturated carbocycles. The Labute approximate surface area is 162 Å². The maximum Gasteiger partial charge on any atom is 0.304 e. The van der Waals surface area contributed by atoms with Crippen molar-refractivity contribution in [3.05, 3.63) is 65.2 Å². The second kappa shape index (κ2) is 10.1. The van der Waals surface area contributed by atoms with Crippen LogP contribution >= 0.6 is 0 Å². The molecule has 0 radical (unpaired) electrons.